The van der Waals surface area contributed by atoms with E-state index in [2.05, 4.69) is 20.7 Å². The van der Waals surface area contributed by atoms with E-state index in [-0.39, 0.29) is 37.3 Å². The Morgan fingerprint density at radius 2 is 1.35 bits per heavy atom. The van der Waals surface area contributed by atoms with Crippen molar-refractivity contribution < 1.29 is 48.1 Å². The van der Waals surface area contributed by atoms with E-state index in [0.29, 0.717) is 38.2 Å². The summed E-state index contributed by atoms with van der Waals surface area (Å²) in [6, 6.07) is 8.83. The van der Waals surface area contributed by atoms with Crippen molar-refractivity contribution in [2.75, 3.05) is 52.9 Å². The quantitative estimate of drug-likeness (QED) is 0.0648. The molecule has 2 amide bonds. The van der Waals surface area contributed by atoms with E-state index in [4.69, 9.17) is 14.6 Å². The lowest BCUT2D eigenvalue weighted by atomic mass is 10.1. The van der Waals surface area contributed by atoms with Crippen molar-refractivity contribution in [3.63, 3.8) is 0 Å². The fourth-order valence-electron chi connectivity index (χ4n) is 3.42. The molecule has 14 nitrogen and oxygen atoms in total. The maximum Gasteiger partial charge on any atom is 0.407 e. The van der Waals surface area contributed by atoms with Crippen LogP contribution in [0.1, 0.15) is 79.1 Å². The van der Waals surface area contributed by atoms with Gasteiger partial charge in [0.25, 0.3) is 0 Å². The molecule has 274 valence electrons. The Hall–Kier alpha value is -4.04. The van der Waals surface area contributed by atoms with Crippen molar-refractivity contribution in [1.82, 2.24) is 20.9 Å². The number of rotatable bonds is 16. The Morgan fingerprint density at radius 1 is 0.854 bits per heavy atom. The zero-order valence-corrected chi connectivity index (χ0v) is 30.3. The van der Waals surface area contributed by atoms with Crippen LogP contribution in [0, 0.1) is 11.8 Å². The molecule has 4 N–H and O–H groups in total. The van der Waals surface area contributed by atoms with E-state index in [9.17, 15) is 28.8 Å². The number of ether oxygens (including phenoxy) is 3. The number of hydrogen-bond donors (Lipinski definition) is 4. The van der Waals surface area contributed by atoms with Crippen LogP contribution in [0.2, 0.25) is 0 Å². The summed E-state index contributed by atoms with van der Waals surface area (Å²) in [7, 11) is 1.36. The van der Waals surface area contributed by atoms with Crippen LogP contribution in [-0.4, -0.2) is 110 Å². The lowest BCUT2D eigenvalue weighted by molar-refractivity contribution is -0.144. The molecule has 0 aliphatic heterocycles. The van der Waals surface area contributed by atoms with Gasteiger partial charge in [0.05, 0.1) is 25.5 Å². The highest BCUT2D eigenvalue weighted by Gasteiger charge is 2.21. The van der Waals surface area contributed by atoms with Gasteiger partial charge in [-0.3, -0.25) is 19.3 Å². The smallest absolute Gasteiger partial charge is 0.407 e. The first-order valence-electron chi connectivity index (χ1n) is 15.9. The van der Waals surface area contributed by atoms with E-state index in [1.807, 2.05) is 33.8 Å². The SMILES string of the molecule is CCC=O.COC(=O)[C@@H](C)CNCCNC(=O)OC(C)(C)C.C[C@@H](CN(CCNC(=O)OC(C)(C)C)CC(=O)c1ccccc1)C(=O)O. The van der Waals surface area contributed by atoms with Crippen LogP contribution in [0.15, 0.2) is 30.3 Å². The number of nitrogens with zero attached hydrogens (tertiary/aromatic N) is 1. The molecule has 1 aromatic carbocycles. The number of carboxylic acid groups (broad SMARTS) is 1. The minimum atomic E-state index is -0.928. The number of benzene rings is 1. The molecule has 0 aliphatic carbocycles. The Bertz CT molecular complexity index is 1100. The third kappa shape index (κ3) is 27.1. The average Bonchev–Trinajstić information content (AvgIpc) is 2.99. The highest BCUT2D eigenvalue weighted by atomic mass is 16.6. The van der Waals surface area contributed by atoms with E-state index in [1.54, 1.807) is 63.8 Å². The average molecular weight is 683 g/mol. The summed E-state index contributed by atoms with van der Waals surface area (Å²) in [5.74, 6) is -2.10. The van der Waals surface area contributed by atoms with Gasteiger partial charge < -0.3 is 40.1 Å². The minimum Gasteiger partial charge on any atom is -0.481 e. The fraction of sp³-hybridized carbons (Fsp3) is 0.647. The summed E-state index contributed by atoms with van der Waals surface area (Å²) in [4.78, 5) is 68.5. The summed E-state index contributed by atoms with van der Waals surface area (Å²) in [5, 5.41) is 17.4. The minimum absolute atomic E-state index is 0.0810. The van der Waals surface area contributed by atoms with Crippen molar-refractivity contribution in [3.05, 3.63) is 35.9 Å². The van der Waals surface area contributed by atoms with Crippen molar-refractivity contribution in [1.29, 1.82) is 0 Å². The van der Waals surface area contributed by atoms with Gasteiger partial charge in [-0.25, -0.2) is 9.59 Å². The number of carbonyl (C=O) groups excluding carboxylic acids is 5. The molecule has 0 fully saturated rings. The van der Waals surface area contributed by atoms with Crippen LogP contribution >= 0.6 is 0 Å². The summed E-state index contributed by atoms with van der Waals surface area (Å²) in [6.45, 7) is 18.3. The molecule has 0 aromatic heterocycles. The van der Waals surface area contributed by atoms with Crippen LogP contribution in [0.5, 0.6) is 0 Å². The molecule has 0 heterocycles. The molecule has 1 rings (SSSR count). The first-order chi connectivity index (χ1) is 22.3. The standard InChI is InChI=1S/C19H28N2O5.C12H24N2O4.C3H6O/c1-14(17(23)24)12-21(11-10-20-18(25)26-19(2,3)4)13-16(22)15-8-6-5-7-9-15;1-9(10(15)17-5)8-13-6-7-14-11(16)18-12(2,3)4;1-2-3-4/h5-9,14H,10-13H2,1-4H3,(H,20,25)(H,23,24);9,13H,6-8H2,1-5H3,(H,14,16);3H,2H2,1H3/t14-;9-;/m00./s1. The summed E-state index contributed by atoms with van der Waals surface area (Å²) < 4.78 is 14.8. The van der Waals surface area contributed by atoms with Gasteiger partial charge in [-0.05, 0) is 41.5 Å². The number of Topliss-reactive ketones (excluding diaryl/α,β-unsaturated/α-hetero) is 1. The molecule has 0 bridgehead atoms. The zero-order valence-electron chi connectivity index (χ0n) is 30.3. The molecular weight excluding hydrogens is 624 g/mol. The number of amides is 2. The van der Waals surface area contributed by atoms with Gasteiger partial charge in [0.1, 0.15) is 17.5 Å². The normalized spacial score (nSPS) is 12.1. The Kier molecular flexibility index (Phi) is 24.0. The summed E-state index contributed by atoms with van der Waals surface area (Å²) in [6.07, 6.45) is 0.531. The van der Waals surface area contributed by atoms with E-state index in [1.165, 1.54) is 7.11 Å². The number of nitrogens with one attached hydrogen (secondary N) is 3. The van der Waals surface area contributed by atoms with E-state index < -0.39 is 35.3 Å². The van der Waals surface area contributed by atoms with Crippen LogP contribution in [0.25, 0.3) is 0 Å². The van der Waals surface area contributed by atoms with Gasteiger partial charge in [-0.15, -0.1) is 0 Å². The lowest BCUT2D eigenvalue weighted by Gasteiger charge is -2.24. The van der Waals surface area contributed by atoms with Crippen molar-refractivity contribution >= 4 is 36.2 Å². The number of methoxy groups -OCH3 is 1. The summed E-state index contributed by atoms with van der Waals surface area (Å²) in [5.41, 5.74) is -0.512. The molecule has 0 saturated carbocycles. The molecule has 1 aromatic rings. The number of aliphatic carboxylic acids is 1. The second kappa shape index (κ2) is 25.0. The first kappa shape index (κ1) is 46.1. The highest BCUT2D eigenvalue weighted by molar-refractivity contribution is 5.97. The van der Waals surface area contributed by atoms with Gasteiger partial charge in [0.15, 0.2) is 5.78 Å². The van der Waals surface area contributed by atoms with Crippen molar-refractivity contribution in [2.24, 2.45) is 11.8 Å². The summed E-state index contributed by atoms with van der Waals surface area (Å²) >= 11 is 0. The van der Waals surface area contributed by atoms with Gasteiger partial charge in [-0.1, -0.05) is 51.1 Å². The predicted molar refractivity (Wildman–Crippen MR) is 183 cm³/mol. The third-order valence-corrected chi connectivity index (χ3v) is 5.70. The number of esters is 1. The molecule has 0 aliphatic rings. The van der Waals surface area contributed by atoms with Gasteiger partial charge in [0.2, 0.25) is 0 Å². The first-order valence-corrected chi connectivity index (χ1v) is 15.9. The van der Waals surface area contributed by atoms with Crippen LogP contribution < -0.4 is 16.0 Å². The van der Waals surface area contributed by atoms with Crippen LogP contribution in [-0.2, 0) is 28.6 Å². The topological polar surface area (TPSA) is 190 Å². The fourth-order valence-corrected chi connectivity index (χ4v) is 3.42. The van der Waals surface area contributed by atoms with Gasteiger partial charge >= 0.3 is 24.1 Å². The van der Waals surface area contributed by atoms with E-state index in [0.717, 1.165) is 6.29 Å². The van der Waals surface area contributed by atoms with Gasteiger partial charge in [-0.2, -0.15) is 0 Å². The number of alkyl carbamates (subject to hydrolysis) is 2. The lowest BCUT2D eigenvalue weighted by Crippen LogP contribution is -2.42. The second-order valence-electron chi connectivity index (χ2n) is 12.8. The predicted octanol–water partition coefficient (Wildman–Crippen LogP) is 3.92. The molecule has 0 spiro atoms. The zero-order chi connectivity index (χ0) is 37.3. The molecular formula is C34H58N4O10. The number of carboxylic acids is 1. The molecule has 14 heteroatoms. The molecule has 0 unspecified atom stereocenters. The van der Waals surface area contributed by atoms with Gasteiger partial charge in [0, 0.05) is 51.3 Å². The largest absolute Gasteiger partial charge is 0.481 e. The third-order valence-electron chi connectivity index (χ3n) is 5.70. The maximum atomic E-state index is 12.4. The number of aldehydes is 1. The number of hydrogen-bond acceptors (Lipinski definition) is 11. The van der Waals surface area contributed by atoms with Crippen LogP contribution in [0.3, 0.4) is 0 Å². The van der Waals surface area contributed by atoms with Crippen molar-refractivity contribution in [3.8, 4) is 0 Å². The maximum absolute atomic E-state index is 12.4. The highest BCUT2D eigenvalue weighted by Crippen LogP contribution is 2.08. The molecule has 2 atom stereocenters. The second-order valence-corrected chi connectivity index (χ2v) is 12.8. The Balaban J connectivity index is 0. The Labute approximate surface area is 285 Å². The number of ketones is 1. The molecule has 0 saturated heterocycles. The molecule has 48 heavy (non-hydrogen) atoms. The molecule has 0 radical (unpaired) electrons. The van der Waals surface area contributed by atoms with E-state index >= 15 is 0 Å². The Morgan fingerprint density at radius 3 is 1.79 bits per heavy atom. The van der Waals surface area contributed by atoms with Crippen LogP contribution in [0.4, 0.5) is 9.59 Å². The monoisotopic (exact) mass is 682 g/mol. The van der Waals surface area contributed by atoms with Crippen molar-refractivity contribution in [2.45, 2.75) is 79.9 Å². The number of carbonyl (C=O) groups is 6.